The molecule has 0 radical (unpaired) electrons. The lowest BCUT2D eigenvalue weighted by Gasteiger charge is -2.12. The first-order valence-corrected chi connectivity index (χ1v) is 8.84. The van der Waals surface area contributed by atoms with E-state index in [4.69, 9.17) is 9.26 Å². The van der Waals surface area contributed by atoms with Gasteiger partial charge in [0, 0.05) is 30.3 Å². The third-order valence-electron chi connectivity index (χ3n) is 3.97. The van der Waals surface area contributed by atoms with E-state index in [1.807, 2.05) is 32.9 Å². The van der Waals surface area contributed by atoms with Crippen molar-refractivity contribution in [1.82, 2.24) is 9.56 Å². The summed E-state index contributed by atoms with van der Waals surface area (Å²) in [6, 6.07) is 8.58. The maximum Gasteiger partial charge on any atom is 0.287 e. The van der Waals surface area contributed by atoms with Crippen LogP contribution in [-0.2, 0) is 11.4 Å². The summed E-state index contributed by atoms with van der Waals surface area (Å²) in [5.41, 5.74) is 2.27. The van der Waals surface area contributed by atoms with Gasteiger partial charge in [-0.05, 0) is 31.4 Å². The molecule has 0 spiro atoms. The Morgan fingerprint density at radius 1 is 1.26 bits per heavy atom. The fourth-order valence-electron chi connectivity index (χ4n) is 2.72. The van der Waals surface area contributed by atoms with Gasteiger partial charge in [-0.15, -0.1) is 4.57 Å². The average molecular weight is 369 g/mol. The Hall–Kier alpha value is -3.09. The lowest BCUT2D eigenvalue weighted by atomic mass is 10.1. The molecule has 1 N–H and O–H groups in total. The minimum absolute atomic E-state index is 0.0322. The van der Waals surface area contributed by atoms with E-state index in [9.17, 15) is 9.59 Å². The lowest BCUT2D eigenvalue weighted by Crippen LogP contribution is -2.15. The van der Waals surface area contributed by atoms with Gasteiger partial charge in [-0.25, -0.2) is 4.98 Å². The molecule has 7 heteroatoms. The molecule has 0 saturated heterocycles. The summed E-state index contributed by atoms with van der Waals surface area (Å²) >= 11 is 0. The van der Waals surface area contributed by atoms with Crippen molar-refractivity contribution < 1.29 is 14.1 Å². The second-order valence-electron chi connectivity index (χ2n) is 7.00. The molecule has 1 amide bonds. The normalized spacial score (nSPS) is 11.1. The van der Waals surface area contributed by atoms with Crippen molar-refractivity contribution >= 4 is 17.2 Å². The number of nitrogens with zero attached hydrogens (tertiary/aromatic N) is 2. The van der Waals surface area contributed by atoms with Crippen LogP contribution in [0.4, 0.5) is 5.69 Å². The number of carbonyl (C=O) groups excluding carboxylic acids is 1. The maximum absolute atomic E-state index is 12.1. The number of nitrogens with one attached hydrogen (secondary N) is 1. The van der Waals surface area contributed by atoms with Crippen molar-refractivity contribution in [3.63, 3.8) is 0 Å². The van der Waals surface area contributed by atoms with Crippen LogP contribution in [0.2, 0.25) is 0 Å². The Bertz CT molecular complexity index is 1030. The highest BCUT2D eigenvalue weighted by atomic mass is 16.5. The van der Waals surface area contributed by atoms with Crippen LogP contribution in [0.3, 0.4) is 0 Å². The summed E-state index contributed by atoms with van der Waals surface area (Å²) in [7, 11) is 0. The van der Waals surface area contributed by atoms with Gasteiger partial charge in [-0.2, -0.15) is 0 Å². The SMILES string of the molecule is Cc1cc2nc(COc3cc(NC(=O)CC(C)C)ccc3C)cc(=O)n2o1. The number of ether oxygens (including phenoxy) is 1. The highest BCUT2D eigenvalue weighted by Gasteiger charge is 2.10. The first-order chi connectivity index (χ1) is 12.8. The van der Waals surface area contributed by atoms with E-state index in [0.717, 1.165) is 10.1 Å². The topological polar surface area (TPSA) is 85.8 Å². The van der Waals surface area contributed by atoms with E-state index in [0.29, 0.717) is 35.0 Å². The van der Waals surface area contributed by atoms with E-state index in [-0.39, 0.29) is 24.0 Å². The first kappa shape index (κ1) is 18.7. The number of amides is 1. The molecular formula is C20H23N3O4. The molecule has 0 fully saturated rings. The molecule has 0 unspecified atom stereocenters. The molecule has 1 aromatic carbocycles. The highest BCUT2D eigenvalue weighted by Crippen LogP contribution is 2.24. The quantitative estimate of drug-likeness (QED) is 0.719. The number of fused-ring (bicyclic) bond motifs is 1. The maximum atomic E-state index is 12.1. The predicted molar refractivity (Wildman–Crippen MR) is 102 cm³/mol. The van der Waals surface area contributed by atoms with Crippen LogP contribution >= 0.6 is 0 Å². The summed E-state index contributed by atoms with van der Waals surface area (Å²) in [6.45, 7) is 7.81. The minimum Gasteiger partial charge on any atom is -0.487 e. The molecule has 2 heterocycles. The second-order valence-corrected chi connectivity index (χ2v) is 7.00. The van der Waals surface area contributed by atoms with Gasteiger partial charge in [0.25, 0.3) is 5.56 Å². The fourth-order valence-corrected chi connectivity index (χ4v) is 2.72. The largest absolute Gasteiger partial charge is 0.487 e. The standard InChI is InChI=1S/C20H23N3O4/c1-12(2)7-19(24)22-15-6-5-13(3)17(9-15)26-11-16-10-20(25)23-18(21-16)8-14(4)27-23/h5-6,8-10,12H,7,11H2,1-4H3,(H,22,24). The zero-order valence-corrected chi connectivity index (χ0v) is 15.9. The Kier molecular flexibility index (Phi) is 5.30. The van der Waals surface area contributed by atoms with Crippen LogP contribution in [0.25, 0.3) is 5.65 Å². The Morgan fingerprint density at radius 2 is 2.04 bits per heavy atom. The molecule has 7 nitrogen and oxygen atoms in total. The number of aryl methyl sites for hydroxylation is 2. The van der Waals surface area contributed by atoms with Crippen molar-refractivity contribution in [3.05, 3.63) is 57.7 Å². The number of carbonyl (C=O) groups is 1. The van der Waals surface area contributed by atoms with Gasteiger partial charge in [0.15, 0.2) is 5.65 Å². The Labute approximate surface area is 156 Å². The molecule has 142 valence electrons. The number of anilines is 1. The van der Waals surface area contributed by atoms with Gasteiger partial charge in [0.1, 0.15) is 18.1 Å². The summed E-state index contributed by atoms with van der Waals surface area (Å²) in [6.07, 6.45) is 0.460. The van der Waals surface area contributed by atoms with Crippen LogP contribution in [0.5, 0.6) is 5.75 Å². The van der Waals surface area contributed by atoms with Gasteiger partial charge in [0.2, 0.25) is 5.91 Å². The summed E-state index contributed by atoms with van der Waals surface area (Å²) in [5, 5.41) is 2.87. The van der Waals surface area contributed by atoms with Crippen LogP contribution in [0, 0.1) is 19.8 Å². The van der Waals surface area contributed by atoms with Crippen molar-refractivity contribution in [2.24, 2.45) is 5.92 Å². The zero-order chi connectivity index (χ0) is 19.6. The van der Waals surface area contributed by atoms with Crippen molar-refractivity contribution in [2.45, 2.75) is 40.7 Å². The van der Waals surface area contributed by atoms with Crippen molar-refractivity contribution in [2.75, 3.05) is 5.32 Å². The average Bonchev–Trinajstić information content (AvgIpc) is 2.95. The van der Waals surface area contributed by atoms with Gasteiger partial charge in [-0.3, -0.25) is 9.59 Å². The smallest absolute Gasteiger partial charge is 0.287 e. The molecule has 27 heavy (non-hydrogen) atoms. The van der Waals surface area contributed by atoms with Gasteiger partial charge in [-0.1, -0.05) is 19.9 Å². The number of aromatic nitrogens is 2. The Balaban J connectivity index is 1.74. The molecule has 0 aliphatic heterocycles. The molecule has 3 rings (SSSR count). The van der Waals surface area contributed by atoms with Crippen molar-refractivity contribution in [1.29, 1.82) is 0 Å². The van der Waals surface area contributed by atoms with Crippen LogP contribution < -0.4 is 15.6 Å². The molecule has 0 aliphatic carbocycles. The van der Waals surface area contributed by atoms with Gasteiger partial charge in [0.05, 0.1) is 5.69 Å². The number of hydrogen-bond acceptors (Lipinski definition) is 5. The lowest BCUT2D eigenvalue weighted by molar-refractivity contribution is -0.116. The summed E-state index contributed by atoms with van der Waals surface area (Å²) in [5.74, 6) is 1.49. The van der Waals surface area contributed by atoms with E-state index in [1.54, 1.807) is 19.1 Å². The molecular weight excluding hydrogens is 346 g/mol. The predicted octanol–water partition coefficient (Wildman–Crippen LogP) is 3.47. The van der Waals surface area contributed by atoms with Crippen molar-refractivity contribution in [3.8, 4) is 5.75 Å². The molecule has 3 aromatic rings. The third-order valence-corrected chi connectivity index (χ3v) is 3.97. The second kappa shape index (κ2) is 7.65. The monoisotopic (exact) mass is 369 g/mol. The third kappa shape index (κ3) is 4.55. The molecule has 0 saturated carbocycles. The number of hydrogen-bond donors (Lipinski definition) is 1. The summed E-state index contributed by atoms with van der Waals surface area (Å²) < 4.78 is 12.3. The minimum atomic E-state index is -0.293. The van der Waals surface area contributed by atoms with E-state index < -0.39 is 0 Å². The molecule has 0 aliphatic rings. The highest BCUT2D eigenvalue weighted by molar-refractivity contribution is 5.91. The zero-order valence-electron chi connectivity index (χ0n) is 15.9. The van der Waals surface area contributed by atoms with Crippen LogP contribution in [0.1, 0.15) is 37.3 Å². The van der Waals surface area contributed by atoms with Gasteiger partial charge < -0.3 is 14.6 Å². The number of rotatable bonds is 6. The van der Waals surface area contributed by atoms with E-state index >= 15 is 0 Å². The molecule has 0 bridgehead atoms. The van der Waals surface area contributed by atoms with Gasteiger partial charge >= 0.3 is 0 Å². The Morgan fingerprint density at radius 3 is 2.78 bits per heavy atom. The van der Waals surface area contributed by atoms with E-state index in [2.05, 4.69) is 10.3 Å². The van der Waals surface area contributed by atoms with E-state index in [1.165, 1.54) is 6.07 Å². The molecule has 0 atom stereocenters. The first-order valence-electron chi connectivity index (χ1n) is 8.84. The number of benzene rings is 1. The summed E-state index contributed by atoms with van der Waals surface area (Å²) in [4.78, 5) is 28.4. The molecule has 2 aromatic heterocycles. The van der Waals surface area contributed by atoms with Crippen LogP contribution in [0.15, 0.2) is 39.6 Å². The fraction of sp³-hybridized carbons (Fsp3) is 0.350. The van der Waals surface area contributed by atoms with Crippen LogP contribution in [-0.4, -0.2) is 15.5 Å².